The minimum absolute atomic E-state index is 0.758. The summed E-state index contributed by atoms with van der Waals surface area (Å²) in [6.07, 6.45) is 2.22. The van der Waals surface area contributed by atoms with Crippen LogP contribution in [-0.4, -0.2) is 21.6 Å². The molecule has 0 aliphatic rings. The van der Waals surface area contributed by atoms with E-state index in [2.05, 4.69) is 21.9 Å². The number of nitrogens with one attached hydrogen (secondary N) is 1. The van der Waals surface area contributed by atoms with Crippen molar-refractivity contribution < 1.29 is 4.74 Å². The number of H-pyrrole nitrogens is 1. The number of rotatable bonds is 5. The maximum Gasteiger partial charge on any atom is 0.178 e. The van der Waals surface area contributed by atoms with Gasteiger partial charge in [0.15, 0.2) is 5.65 Å². The maximum absolute atomic E-state index is 5.67. The van der Waals surface area contributed by atoms with Gasteiger partial charge in [-0.05, 0) is 49.7 Å². The van der Waals surface area contributed by atoms with Crippen molar-refractivity contribution >= 4 is 11.2 Å². The first-order chi connectivity index (χ1) is 10.3. The number of benzene rings is 1. The number of aromatic nitrogens is 3. The summed E-state index contributed by atoms with van der Waals surface area (Å²) in [6.45, 7) is 4.89. The van der Waals surface area contributed by atoms with Gasteiger partial charge in [-0.1, -0.05) is 13.3 Å². The molecule has 0 spiro atoms. The summed E-state index contributed by atoms with van der Waals surface area (Å²) in [5.74, 6) is 1.74. The normalized spacial score (nSPS) is 11.0. The molecule has 0 unspecified atom stereocenters. The molecular formula is C17H19N3O. The van der Waals surface area contributed by atoms with Gasteiger partial charge in [0.2, 0.25) is 0 Å². The Morgan fingerprint density at radius 2 is 1.86 bits per heavy atom. The number of aromatic amines is 1. The maximum atomic E-state index is 5.67. The van der Waals surface area contributed by atoms with Crippen molar-refractivity contribution in [3.8, 4) is 17.1 Å². The van der Waals surface area contributed by atoms with E-state index < -0.39 is 0 Å². The third kappa shape index (κ3) is 3.05. The highest BCUT2D eigenvalue weighted by Gasteiger charge is 2.06. The fourth-order valence-corrected chi connectivity index (χ4v) is 2.17. The number of imidazole rings is 1. The Morgan fingerprint density at radius 1 is 1.05 bits per heavy atom. The standard InChI is InChI=1S/C17H19N3O/c1-3-4-11-21-14-8-6-13(7-9-14)16-19-15-10-5-12(2)18-17(15)20-16/h5-10H,3-4,11H2,1-2H3,(H,18,19,20). The summed E-state index contributed by atoms with van der Waals surface area (Å²) in [7, 11) is 0. The van der Waals surface area contributed by atoms with Crippen molar-refractivity contribution in [2.75, 3.05) is 6.61 Å². The molecule has 0 radical (unpaired) electrons. The molecule has 0 aliphatic carbocycles. The van der Waals surface area contributed by atoms with Gasteiger partial charge >= 0.3 is 0 Å². The molecule has 0 atom stereocenters. The van der Waals surface area contributed by atoms with Crippen LogP contribution in [0.1, 0.15) is 25.5 Å². The van der Waals surface area contributed by atoms with E-state index in [4.69, 9.17) is 4.74 Å². The van der Waals surface area contributed by atoms with Gasteiger partial charge < -0.3 is 9.72 Å². The van der Waals surface area contributed by atoms with E-state index in [9.17, 15) is 0 Å². The lowest BCUT2D eigenvalue weighted by Crippen LogP contribution is -1.96. The SMILES string of the molecule is CCCCOc1ccc(-c2nc3nc(C)ccc3[nH]2)cc1. The van der Waals surface area contributed by atoms with Crippen LogP contribution in [0.2, 0.25) is 0 Å². The third-order valence-corrected chi connectivity index (χ3v) is 3.38. The van der Waals surface area contributed by atoms with E-state index in [1.807, 2.05) is 43.3 Å². The molecular weight excluding hydrogens is 262 g/mol. The van der Waals surface area contributed by atoms with Crippen LogP contribution in [0.15, 0.2) is 36.4 Å². The Morgan fingerprint density at radius 3 is 2.62 bits per heavy atom. The van der Waals surface area contributed by atoms with E-state index in [1.54, 1.807) is 0 Å². The number of fused-ring (bicyclic) bond motifs is 1. The van der Waals surface area contributed by atoms with Crippen molar-refractivity contribution in [3.63, 3.8) is 0 Å². The summed E-state index contributed by atoms with van der Waals surface area (Å²) in [4.78, 5) is 12.3. The highest BCUT2D eigenvalue weighted by atomic mass is 16.5. The molecule has 0 bridgehead atoms. The Bertz CT molecular complexity index is 731. The van der Waals surface area contributed by atoms with E-state index in [1.165, 1.54) is 0 Å². The van der Waals surface area contributed by atoms with Crippen molar-refractivity contribution in [2.24, 2.45) is 0 Å². The molecule has 0 saturated heterocycles. The quantitative estimate of drug-likeness (QED) is 0.716. The molecule has 1 aromatic carbocycles. The average Bonchev–Trinajstić information content (AvgIpc) is 2.91. The van der Waals surface area contributed by atoms with E-state index in [-0.39, 0.29) is 0 Å². The second-order valence-corrected chi connectivity index (χ2v) is 5.14. The molecule has 4 nitrogen and oxygen atoms in total. The highest BCUT2D eigenvalue weighted by molar-refractivity contribution is 5.76. The minimum Gasteiger partial charge on any atom is -0.494 e. The molecule has 2 aromatic heterocycles. The summed E-state index contributed by atoms with van der Waals surface area (Å²) in [5.41, 5.74) is 3.72. The van der Waals surface area contributed by atoms with Crippen LogP contribution in [0.5, 0.6) is 5.75 Å². The van der Waals surface area contributed by atoms with Crippen LogP contribution < -0.4 is 4.74 Å². The number of pyridine rings is 1. The van der Waals surface area contributed by atoms with E-state index in [0.29, 0.717) is 0 Å². The molecule has 3 rings (SSSR count). The molecule has 108 valence electrons. The van der Waals surface area contributed by atoms with Gasteiger partial charge in [0.1, 0.15) is 11.6 Å². The zero-order valence-electron chi connectivity index (χ0n) is 12.4. The van der Waals surface area contributed by atoms with E-state index >= 15 is 0 Å². The lowest BCUT2D eigenvalue weighted by atomic mass is 10.2. The summed E-state index contributed by atoms with van der Waals surface area (Å²) >= 11 is 0. The molecule has 0 amide bonds. The van der Waals surface area contributed by atoms with Crippen molar-refractivity contribution in [1.29, 1.82) is 0 Å². The van der Waals surface area contributed by atoms with E-state index in [0.717, 1.165) is 53.4 Å². The first-order valence-corrected chi connectivity index (χ1v) is 7.33. The largest absolute Gasteiger partial charge is 0.494 e. The number of aryl methyl sites for hydroxylation is 1. The number of ether oxygens (including phenoxy) is 1. The first kappa shape index (κ1) is 13.6. The number of hydrogen-bond donors (Lipinski definition) is 1. The van der Waals surface area contributed by atoms with Crippen LogP contribution in [-0.2, 0) is 0 Å². The number of unbranched alkanes of at least 4 members (excludes halogenated alkanes) is 1. The van der Waals surface area contributed by atoms with Gasteiger partial charge in [-0.2, -0.15) is 0 Å². The molecule has 0 aliphatic heterocycles. The zero-order chi connectivity index (χ0) is 14.7. The second-order valence-electron chi connectivity index (χ2n) is 5.14. The lowest BCUT2D eigenvalue weighted by Gasteiger charge is -2.05. The summed E-state index contributed by atoms with van der Waals surface area (Å²) < 4.78 is 5.67. The Hall–Kier alpha value is -2.36. The Balaban J connectivity index is 1.81. The van der Waals surface area contributed by atoms with Crippen LogP contribution in [0.3, 0.4) is 0 Å². The first-order valence-electron chi connectivity index (χ1n) is 7.33. The molecule has 0 fully saturated rings. The third-order valence-electron chi connectivity index (χ3n) is 3.38. The smallest absolute Gasteiger partial charge is 0.178 e. The van der Waals surface area contributed by atoms with Gasteiger partial charge in [0, 0.05) is 11.3 Å². The molecule has 4 heteroatoms. The summed E-state index contributed by atoms with van der Waals surface area (Å²) in [5, 5.41) is 0. The Labute approximate surface area is 124 Å². The zero-order valence-corrected chi connectivity index (χ0v) is 12.4. The van der Waals surface area contributed by atoms with Gasteiger partial charge in [0.05, 0.1) is 12.1 Å². The second kappa shape index (κ2) is 5.95. The fourth-order valence-electron chi connectivity index (χ4n) is 2.17. The monoisotopic (exact) mass is 281 g/mol. The van der Waals surface area contributed by atoms with Crippen LogP contribution in [0.4, 0.5) is 0 Å². The average molecular weight is 281 g/mol. The van der Waals surface area contributed by atoms with Gasteiger partial charge in [0.25, 0.3) is 0 Å². The molecule has 0 saturated carbocycles. The number of hydrogen-bond acceptors (Lipinski definition) is 3. The van der Waals surface area contributed by atoms with Crippen LogP contribution >= 0.6 is 0 Å². The van der Waals surface area contributed by atoms with Gasteiger partial charge in [-0.25, -0.2) is 9.97 Å². The minimum atomic E-state index is 0.758. The topological polar surface area (TPSA) is 50.8 Å². The number of nitrogens with zero attached hydrogens (tertiary/aromatic N) is 2. The van der Waals surface area contributed by atoms with Crippen molar-refractivity contribution in [1.82, 2.24) is 15.0 Å². The molecule has 3 aromatic rings. The highest BCUT2D eigenvalue weighted by Crippen LogP contribution is 2.22. The predicted molar refractivity (Wildman–Crippen MR) is 84.5 cm³/mol. The molecule has 1 N–H and O–H groups in total. The van der Waals surface area contributed by atoms with Crippen molar-refractivity contribution in [2.45, 2.75) is 26.7 Å². The van der Waals surface area contributed by atoms with Crippen LogP contribution in [0.25, 0.3) is 22.6 Å². The van der Waals surface area contributed by atoms with Crippen molar-refractivity contribution in [3.05, 3.63) is 42.1 Å². The van der Waals surface area contributed by atoms with Gasteiger partial charge in [-0.15, -0.1) is 0 Å². The summed E-state index contributed by atoms with van der Waals surface area (Å²) in [6, 6.07) is 12.0. The molecule has 2 heterocycles. The fraction of sp³-hybridized carbons (Fsp3) is 0.294. The Kier molecular flexibility index (Phi) is 3.86. The predicted octanol–water partition coefficient (Wildman–Crippen LogP) is 4.11. The van der Waals surface area contributed by atoms with Gasteiger partial charge in [-0.3, -0.25) is 0 Å². The van der Waals surface area contributed by atoms with Crippen LogP contribution in [0, 0.1) is 6.92 Å². The molecule has 21 heavy (non-hydrogen) atoms. The lowest BCUT2D eigenvalue weighted by molar-refractivity contribution is 0.309.